The van der Waals surface area contributed by atoms with Gasteiger partial charge in [0.25, 0.3) is 0 Å². The molecule has 0 heterocycles. The Kier molecular flexibility index (Phi) is 11.3. The molecule has 0 N–H and O–H groups in total. The normalized spacial score (nSPS) is 12.8. The van der Waals surface area contributed by atoms with Crippen molar-refractivity contribution in [3.05, 3.63) is 35.4 Å². The number of rotatable bonds is 15. The molecule has 0 aliphatic carbocycles. The van der Waals surface area contributed by atoms with E-state index in [-0.39, 0.29) is 11.6 Å². The predicted molar refractivity (Wildman–Crippen MR) is 138 cm³/mol. The van der Waals surface area contributed by atoms with Gasteiger partial charge in [-0.3, -0.25) is 9.59 Å². The monoisotopic (exact) mass is 480 g/mol. The van der Waals surface area contributed by atoms with Crippen molar-refractivity contribution >= 4 is 36.8 Å². The van der Waals surface area contributed by atoms with E-state index in [2.05, 4.69) is 46.2 Å². The first-order valence-electron chi connectivity index (χ1n) is 11.8. The molecular formula is C24H44O4Si3. The zero-order chi connectivity index (χ0) is 23.7. The van der Waals surface area contributed by atoms with Crippen LogP contribution in [0, 0.1) is 0 Å². The fourth-order valence-corrected chi connectivity index (χ4v) is 18.4. The summed E-state index contributed by atoms with van der Waals surface area (Å²) in [5.74, 6) is 0.103. The lowest BCUT2D eigenvalue weighted by atomic mass is 10.0. The molecule has 1 aromatic rings. The second kappa shape index (κ2) is 12.4. The lowest BCUT2D eigenvalue weighted by Crippen LogP contribution is -2.52. The van der Waals surface area contributed by atoms with E-state index in [1.807, 2.05) is 0 Å². The molecule has 0 atom stereocenters. The smallest absolute Gasteiger partial charge is 0.311 e. The van der Waals surface area contributed by atoms with E-state index in [0.717, 1.165) is 18.9 Å². The highest BCUT2D eigenvalue weighted by atomic mass is 28.5. The van der Waals surface area contributed by atoms with Crippen molar-refractivity contribution in [3.8, 4) is 0 Å². The number of benzene rings is 1. The zero-order valence-electron chi connectivity index (χ0n) is 21.1. The molecule has 7 heteroatoms. The van der Waals surface area contributed by atoms with Crippen LogP contribution in [0.1, 0.15) is 73.1 Å². The van der Waals surface area contributed by atoms with Gasteiger partial charge in [0.2, 0.25) is 0 Å². The molecule has 4 nitrogen and oxygen atoms in total. The van der Waals surface area contributed by atoms with E-state index < -0.39 is 25.2 Å². The summed E-state index contributed by atoms with van der Waals surface area (Å²) >= 11 is 0. The standard InChI is InChI=1S/C24H44O4Si3/c1-9-10-12-18-29(3,4)27-31(7,8)28-30(5,6)19-13-11-17-24(26)23-16-14-15-22(20-23)21(2)25/h14-16,20H,9-13,17-19H2,1-8H3. The maximum absolute atomic E-state index is 12.5. The maximum Gasteiger partial charge on any atom is 0.311 e. The van der Waals surface area contributed by atoms with Gasteiger partial charge in [0.1, 0.15) is 0 Å². The molecular weight excluding hydrogens is 437 g/mol. The maximum atomic E-state index is 12.5. The molecule has 31 heavy (non-hydrogen) atoms. The average Bonchev–Trinajstić information content (AvgIpc) is 2.63. The summed E-state index contributed by atoms with van der Waals surface area (Å²) in [6.07, 6.45) is 6.13. The Morgan fingerprint density at radius 1 is 0.806 bits per heavy atom. The number of hydrogen-bond donors (Lipinski definition) is 0. The molecule has 0 aromatic heterocycles. The van der Waals surface area contributed by atoms with Gasteiger partial charge in [0.15, 0.2) is 28.2 Å². The Balaban J connectivity index is 2.49. The molecule has 1 rings (SSSR count). The summed E-state index contributed by atoms with van der Waals surface area (Å²) in [6.45, 7) is 17.3. The van der Waals surface area contributed by atoms with Crippen molar-refractivity contribution in [1.29, 1.82) is 0 Å². The fourth-order valence-electron chi connectivity index (χ4n) is 4.15. The summed E-state index contributed by atoms with van der Waals surface area (Å²) < 4.78 is 13.3. The molecule has 0 aliphatic heterocycles. The summed E-state index contributed by atoms with van der Waals surface area (Å²) in [5.41, 5.74) is 1.24. The van der Waals surface area contributed by atoms with Crippen LogP contribution in [-0.4, -0.2) is 36.8 Å². The first-order valence-corrected chi connectivity index (χ1v) is 20.9. The second-order valence-electron chi connectivity index (χ2n) is 10.3. The lowest BCUT2D eigenvalue weighted by molar-refractivity contribution is 0.0979. The highest BCUT2D eigenvalue weighted by Crippen LogP contribution is 2.27. The Labute approximate surface area is 193 Å². The van der Waals surface area contributed by atoms with Crippen LogP contribution < -0.4 is 0 Å². The van der Waals surface area contributed by atoms with E-state index in [1.165, 1.54) is 32.2 Å². The van der Waals surface area contributed by atoms with Gasteiger partial charge in [-0.2, -0.15) is 0 Å². The molecule has 0 saturated carbocycles. The van der Waals surface area contributed by atoms with Crippen LogP contribution in [0.4, 0.5) is 0 Å². The van der Waals surface area contributed by atoms with Crippen LogP contribution in [0.2, 0.25) is 51.4 Å². The highest BCUT2D eigenvalue weighted by molar-refractivity contribution is 6.87. The van der Waals surface area contributed by atoms with Gasteiger partial charge in [-0.15, -0.1) is 0 Å². The first-order chi connectivity index (χ1) is 14.3. The third-order valence-electron chi connectivity index (χ3n) is 5.45. The third-order valence-corrected chi connectivity index (χ3v) is 16.9. The molecule has 0 unspecified atom stereocenters. The van der Waals surface area contributed by atoms with Crippen LogP contribution >= 0.6 is 0 Å². The minimum atomic E-state index is -2.16. The van der Waals surface area contributed by atoms with Crippen molar-refractivity contribution in [2.45, 2.75) is 104 Å². The lowest BCUT2D eigenvalue weighted by Gasteiger charge is -2.38. The summed E-state index contributed by atoms with van der Waals surface area (Å²) in [5, 5.41) is 0. The average molecular weight is 481 g/mol. The van der Waals surface area contributed by atoms with Gasteiger partial charge in [0.05, 0.1) is 0 Å². The quantitative estimate of drug-likeness (QED) is 0.147. The molecule has 0 radical (unpaired) electrons. The third kappa shape index (κ3) is 11.5. The number of carbonyl (C=O) groups excluding carboxylic acids is 2. The van der Waals surface area contributed by atoms with Crippen molar-refractivity contribution < 1.29 is 17.8 Å². The molecule has 0 spiro atoms. The number of Topliss-reactive ketones (excluding diaryl/α,β-unsaturated/α-hetero) is 2. The van der Waals surface area contributed by atoms with Gasteiger partial charge >= 0.3 is 8.56 Å². The first kappa shape index (κ1) is 28.2. The second-order valence-corrected chi connectivity index (χ2v) is 22.8. The van der Waals surface area contributed by atoms with E-state index in [0.29, 0.717) is 17.5 Å². The van der Waals surface area contributed by atoms with Crippen LogP contribution in [0.15, 0.2) is 24.3 Å². The molecule has 0 bridgehead atoms. The van der Waals surface area contributed by atoms with Crippen LogP contribution in [0.3, 0.4) is 0 Å². The van der Waals surface area contributed by atoms with Crippen LogP contribution in [0.25, 0.3) is 0 Å². The minimum absolute atomic E-state index is 0.00912. The molecule has 176 valence electrons. The number of hydrogen-bond acceptors (Lipinski definition) is 4. The van der Waals surface area contributed by atoms with E-state index in [1.54, 1.807) is 24.3 Å². The van der Waals surface area contributed by atoms with Gasteiger partial charge < -0.3 is 8.23 Å². The fraction of sp³-hybridized carbons (Fsp3) is 0.667. The van der Waals surface area contributed by atoms with Crippen molar-refractivity contribution in [2.24, 2.45) is 0 Å². The largest absolute Gasteiger partial charge is 0.437 e. The van der Waals surface area contributed by atoms with E-state index >= 15 is 0 Å². The number of carbonyl (C=O) groups is 2. The predicted octanol–water partition coefficient (Wildman–Crippen LogP) is 7.58. The summed E-state index contributed by atoms with van der Waals surface area (Å²) in [7, 11) is -5.70. The Bertz CT molecular complexity index is 729. The Morgan fingerprint density at radius 3 is 1.84 bits per heavy atom. The molecule has 1 aromatic carbocycles. The zero-order valence-corrected chi connectivity index (χ0v) is 24.1. The van der Waals surface area contributed by atoms with Gasteiger partial charge in [0, 0.05) is 17.5 Å². The number of unbranched alkanes of at least 4 members (excludes halogenated alkanes) is 3. The Hall–Kier alpha value is -0.869. The van der Waals surface area contributed by atoms with E-state index in [4.69, 9.17) is 8.23 Å². The summed E-state index contributed by atoms with van der Waals surface area (Å²) in [4.78, 5) is 24.0. The van der Waals surface area contributed by atoms with Crippen molar-refractivity contribution in [3.63, 3.8) is 0 Å². The van der Waals surface area contributed by atoms with Crippen LogP contribution in [-0.2, 0) is 8.23 Å². The van der Waals surface area contributed by atoms with Gasteiger partial charge in [-0.1, -0.05) is 50.8 Å². The molecule has 0 saturated heterocycles. The number of ketones is 2. The minimum Gasteiger partial charge on any atom is -0.437 e. The summed E-state index contributed by atoms with van der Waals surface area (Å²) in [6, 6.07) is 9.29. The van der Waals surface area contributed by atoms with Gasteiger partial charge in [-0.25, -0.2) is 0 Å². The van der Waals surface area contributed by atoms with Crippen molar-refractivity contribution in [2.75, 3.05) is 0 Å². The van der Waals surface area contributed by atoms with Gasteiger partial charge in [-0.05, 0) is 70.8 Å². The van der Waals surface area contributed by atoms with E-state index in [9.17, 15) is 9.59 Å². The van der Waals surface area contributed by atoms with Crippen LogP contribution in [0.5, 0.6) is 0 Å². The Morgan fingerprint density at radius 2 is 1.32 bits per heavy atom. The SMILES string of the molecule is CCCCC[Si](C)(C)O[Si](C)(C)O[Si](C)(C)CCCCC(=O)c1cccc(C(C)=O)c1. The highest BCUT2D eigenvalue weighted by Gasteiger charge is 2.39. The molecule has 0 amide bonds. The molecule has 0 fully saturated rings. The topological polar surface area (TPSA) is 52.6 Å². The van der Waals surface area contributed by atoms with Crippen molar-refractivity contribution in [1.82, 2.24) is 0 Å². The molecule has 0 aliphatic rings.